The fraction of sp³-hybridized carbons (Fsp3) is 0.133. The lowest BCUT2D eigenvalue weighted by molar-refractivity contribution is 0.0687. The lowest BCUT2D eigenvalue weighted by Gasteiger charge is -2.09. The minimum Gasteiger partial charge on any atom is -0.496 e. The number of fused-ring (bicyclic) bond motifs is 1. The van der Waals surface area contributed by atoms with Crippen LogP contribution in [0.15, 0.2) is 36.5 Å². The molecule has 0 bridgehead atoms. The van der Waals surface area contributed by atoms with Gasteiger partial charge in [-0.3, -0.25) is 0 Å². The van der Waals surface area contributed by atoms with Crippen LogP contribution in [0, 0.1) is 6.92 Å². The van der Waals surface area contributed by atoms with Crippen molar-refractivity contribution in [1.82, 2.24) is 14.6 Å². The molecule has 0 spiro atoms. The number of methoxy groups -OCH3 is 1. The summed E-state index contributed by atoms with van der Waals surface area (Å²) >= 11 is 0. The second-order valence-electron chi connectivity index (χ2n) is 4.60. The van der Waals surface area contributed by atoms with Crippen molar-refractivity contribution in [2.75, 3.05) is 7.11 Å². The van der Waals surface area contributed by atoms with Crippen LogP contribution in [-0.2, 0) is 0 Å². The third-order valence-corrected chi connectivity index (χ3v) is 3.25. The van der Waals surface area contributed by atoms with E-state index in [4.69, 9.17) is 4.74 Å². The molecule has 0 unspecified atom stereocenters. The zero-order valence-corrected chi connectivity index (χ0v) is 11.6. The van der Waals surface area contributed by atoms with Crippen molar-refractivity contribution in [2.24, 2.45) is 0 Å². The number of ether oxygens (including phenoxy) is 1. The first-order chi connectivity index (χ1) is 10.1. The molecule has 0 atom stereocenters. The monoisotopic (exact) mass is 283 g/mol. The number of carboxylic acids is 1. The van der Waals surface area contributed by atoms with Crippen LogP contribution in [0.4, 0.5) is 0 Å². The van der Waals surface area contributed by atoms with Crippen LogP contribution >= 0.6 is 0 Å². The number of hydrogen-bond donors (Lipinski definition) is 1. The van der Waals surface area contributed by atoms with Crippen molar-refractivity contribution >= 4 is 11.6 Å². The number of nitrogens with zero attached hydrogens (tertiary/aromatic N) is 3. The molecule has 1 aromatic carbocycles. The summed E-state index contributed by atoms with van der Waals surface area (Å²) in [6.07, 6.45) is 1.60. The molecule has 21 heavy (non-hydrogen) atoms. The highest BCUT2D eigenvalue weighted by Gasteiger charge is 2.16. The zero-order valence-electron chi connectivity index (χ0n) is 11.6. The Morgan fingerprint density at radius 2 is 2.10 bits per heavy atom. The number of para-hydroxylation sites is 1. The highest BCUT2D eigenvalue weighted by atomic mass is 16.5. The van der Waals surface area contributed by atoms with E-state index in [0.29, 0.717) is 17.1 Å². The fourth-order valence-corrected chi connectivity index (χ4v) is 2.22. The maximum atomic E-state index is 11.4. The molecule has 6 nitrogen and oxygen atoms in total. The van der Waals surface area contributed by atoms with Gasteiger partial charge >= 0.3 is 5.97 Å². The van der Waals surface area contributed by atoms with E-state index in [1.54, 1.807) is 13.3 Å². The third kappa shape index (κ3) is 2.10. The van der Waals surface area contributed by atoms with Crippen molar-refractivity contribution in [2.45, 2.75) is 6.92 Å². The Balaban J connectivity index is 2.33. The summed E-state index contributed by atoms with van der Waals surface area (Å²) in [5, 5.41) is 13.4. The average molecular weight is 283 g/mol. The van der Waals surface area contributed by atoms with Gasteiger partial charge in [-0.2, -0.15) is 5.10 Å². The maximum absolute atomic E-state index is 11.4. The number of benzene rings is 1. The Hall–Kier alpha value is -2.89. The lowest BCUT2D eigenvalue weighted by Crippen LogP contribution is -2.08. The molecule has 2 aromatic heterocycles. The molecular weight excluding hydrogens is 270 g/mol. The molecule has 0 amide bonds. The van der Waals surface area contributed by atoms with Gasteiger partial charge in [-0.05, 0) is 25.1 Å². The molecule has 0 aliphatic rings. The van der Waals surface area contributed by atoms with Gasteiger partial charge < -0.3 is 9.84 Å². The first kappa shape index (κ1) is 13.1. The summed E-state index contributed by atoms with van der Waals surface area (Å²) in [5.74, 6) is -0.412. The zero-order chi connectivity index (χ0) is 15.0. The van der Waals surface area contributed by atoms with Crippen molar-refractivity contribution < 1.29 is 14.6 Å². The van der Waals surface area contributed by atoms with Gasteiger partial charge in [0.1, 0.15) is 5.75 Å². The summed E-state index contributed by atoms with van der Waals surface area (Å²) in [4.78, 5) is 16.0. The van der Waals surface area contributed by atoms with Crippen molar-refractivity contribution in [3.05, 3.63) is 47.8 Å². The van der Waals surface area contributed by atoms with Gasteiger partial charge in [-0.1, -0.05) is 12.1 Å². The van der Waals surface area contributed by atoms with Crippen LogP contribution in [0.5, 0.6) is 5.75 Å². The quantitative estimate of drug-likeness (QED) is 0.798. The number of carboxylic acid groups (broad SMARTS) is 1. The normalized spacial score (nSPS) is 10.8. The minimum atomic E-state index is -1.05. The SMILES string of the molecule is COc1ccccc1-c1cc(C(=O)O)n2ncc(C)c2n1. The minimum absolute atomic E-state index is 0.0639. The Labute approximate surface area is 120 Å². The third-order valence-electron chi connectivity index (χ3n) is 3.25. The van der Waals surface area contributed by atoms with Gasteiger partial charge in [0.15, 0.2) is 11.3 Å². The molecule has 0 aliphatic heterocycles. The smallest absolute Gasteiger partial charge is 0.354 e. The van der Waals surface area contributed by atoms with Crippen LogP contribution in [0.1, 0.15) is 16.1 Å². The van der Waals surface area contributed by atoms with E-state index in [-0.39, 0.29) is 5.69 Å². The summed E-state index contributed by atoms with van der Waals surface area (Å²) in [6, 6.07) is 8.86. The van der Waals surface area contributed by atoms with Gasteiger partial charge in [0.2, 0.25) is 0 Å². The molecule has 6 heteroatoms. The lowest BCUT2D eigenvalue weighted by atomic mass is 10.1. The van der Waals surface area contributed by atoms with Crippen LogP contribution < -0.4 is 4.74 Å². The van der Waals surface area contributed by atoms with Crippen LogP contribution in [0.2, 0.25) is 0 Å². The van der Waals surface area contributed by atoms with Crippen molar-refractivity contribution in [1.29, 1.82) is 0 Å². The first-order valence-electron chi connectivity index (χ1n) is 6.34. The average Bonchev–Trinajstić information content (AvgIpc) is 2.87. The standard InChI is InChI=1S/C15H13N3O3/c1-9-8-16-18-12(15(19)20)7-11(17-14(9)18)10-5-3-4-6-13(10)21-2/h3-8H,1-2H3,(H,19,20). The molecule has 0 saturated carbocycles. The highest BCUT2D eigenvalue weighted by Crippen LogP contribution is 2.29. The summed E-state index contributed by atoms with van der Waals surface area (Å²) < 4.78 is 6.64. The second-order valence-corrected chi connectivity index (χ2v) is 4.60. The van der Waals surface area contributed by atoms with Crippen molar-refractivity contribution in [3.63, 3.8) is 0 Å². The van der Waals surface area contributed by atoms with Gasteiger partial charge in [0, 0.05) is 11.1 Å². The largest absolute Gasteiger partial charge is 0.496 e. The number of aryl methyl sites for hydroxylation is 1. The fourth-order valence-electron chi connectivity index (χ4n) is 2.22. The van der Waals surface area contributed by atoms with E-state index in [0.717, 1.165) is 11.1 Å². The van der Waals surface area contributed by atoms with Gasteiger partial charge in [0.05, 0.1) is 19.0 Å². The van der Waals surface area contributed by atoms with Gasteiger partial charge in [-0.25, -0.2) is 14.3 Å². The van der Waals surface area contributed by atoms with Gasteiger partial charge in [-0.15, -0.1) is 0 Å². The van der Waals surface area contributed by atoms with Crippen LogP contribution in [0.3, 0.4) is 0 Å². The molecule has 2 heterocycles. The van der Waals surface area contributed by atoms with E-state index >= 15 is 0 Å². The van der Waals surface area contributed by atoms with E-state index in [1.807, 2.05) is 31.2 Å². The molecule has 3 aromatic rings. The molecule has 0 saturated heterocycles. The predicted molar refractivity (Wildman–Crippen MR) is 76.7 cm³/mol. The molecule has 0 radical (unpaired) electrons. The predicted octanol–water partition coefficient (Wildman–Crippen LogP) is 2.41. The highest BCUT2D eigenvalue weighted by molar-refractivity contribution is 5.88. The van der Waals surface area contributed by atoms with E-state index in [9.17, 15) is 9.90 Å². The van der Waals surface area contributed by atoms with Crippen molar-refractivity contribution in [3.8, 4) is 17.0 Å². The number of aromatic carboxylic acids is 1. The number of hydrogen-bond acceptors (Lipinski definition) is 4. The number of carbonyl (C=O) groups is 1. The Kier molecular flexibility index (Phi) is 3.06. The van der Waals surface area contributed by atoms with Crippen LogP contribution in [0.25, 0.3) is 16.9 Å². The molecule has 0 fully saturated rings. The molecular formula is C15H13N3O3. The molecule has 0 aliphatic carbocycles. The maximum Gasteiger partial charge on any atom is 0.354 e. The van der Waals surface area contributed by atoms with E-state index < -0.39 is 5.97 Å². The second kappa shape index (κ2) is 4.90. The summed E-state index contributed by atoms with van der Waals surface area (Å²) in [5.41, 5.74) is 2.69. The van der Waals surface area contributed by atoms with Crippen LogP contribution in [-0.4, -0.2) is 32.8 Å². The van der Waals surface area contributed by atoms with Gasteiger partial charge in [0.25, 0.3) is 0 Å². The Morgan fingerprint density at radius 3 is 2.81 bits per heavy atom. The number of rotatable bonds is 3. The molecule has 3 rings (SSSR count). The van der Waals surface area contributed by atoms with E-state index in [1.165, 1.54) is 10.6 Å². The molecule has 1 N–H and O–H groups in total. The Bertz CT molecular complexity index is 839. The summed E-state index contributed by atoms with van der Waals surface area (Å²) in [7, 11) is 1.57. The Morgan fingerprint density at radius 1 is 1.33 bits per heavy atom. The topological polar surface area (TPSA) is 76.7 Å². The van der Waals surface area contributed by atoms with E-state index in [2.05, 4.69) is 10.1 Å². The first-order valence-corrected chi connectivity index (χ1v) is 6.34. The molecule has 106 valence electrons. The summed E-state index contributed by atoms with van der Waals surface area (Å²) in [6.45, 7) is 1.84. The number of aromatic nitrogens is 3.